The lowest BCUT2D eigenvalue weighted by molar-refractivity contribution is -0.255. The van der Waals surface area contributed by atoms with Crippen LogP contribution in [-0.4, -0.2) is 27.9 Å². The van der Waals surface area contributed by atoms with Gasteiger partial charge in [0.15, 0.2) is 0 Å². The molecule has 0 spiro atoms. The van der Waals surface area contributed by atoms with Crippen molar-refractivity contribution in [3.05, 3.63) is 65.7 Å². The first kappa shape index (κ1) is 16.3. The van der Waals surface area contributed by atoms with Crippen molar-refractivity contribution in [1.82, 2.24) is 4.90 Å². The molecule has 5 nitrogen and oxygen atoms in total. The molecule has 1 aliphatic heterocycles. The first-order valence-corrected chi connectivity index (χ1v) is 8.29. The van der Waals surface area contributed by atoms with Crippen molar-refractivity contribution >= 4 is 29.5 Å². The van der Waals surface area contributed by atoms with Crippen LogP contribution in [0.15, 0.2) is 59.5 Å². The third-order valence-electron chi connectivity index (χ3n) is 3.76. The molecule has 1 aliphatic rings. The van der Waals surface area contributed by atoms with Crippen LogP contribution in [0.5, 0.6) is 0 Å². The number of likely N-dealkylation sites (tertiary alicyclic amines) is 1. The highest BCUT2D eigenvalue weighted by molar-refractivity contribution is 8.00. The molecule has 1 heterocycles. The van der Waals surface area contributed by atoms with E-state index in [1.807, 2.05) is 30.3 Å². The minimum Gasteiger partial charge on any atom is -0.545 e. The maximum atomic E-state index is 12.5. The van der Waals surface area contributed by atoms with Gasteiger partial charge in [-0.3, -0.25) is 14.5 Å². The van der Waals surface area contributed by atoms with Gasteiger partial charge in [-0.2, -0.15) is 0 Å². The van der Waals surface area contributed by atoms with E-state index in [-0.39, 0.29) is 30.3 Å². The molecule has 0 aliphatic carbocycles. The fourth-order valence-electron chi connectivity index (χ4n) is 2.57. The number of nitrogens with zero attached hydrogens (tertiary/aromatic N) is 1. The second-order valence-corrected chi connectivity index (χ2v) is 6.64. The van der Waals surface area contributed by atoms with Gasteiger partial charge in [-0.15, -0.1) is 11.8 Å². The Morgan fingerprint density at radius 2 is 1.75 bits per heavy atom. The van der Waals surface area contributed by atoms with E-state index in [4.69, 9.17) is 0 Å². The number of carboxylic acids is 1. The van der Waals surface area contributed by atoms with E-state index in [0.29, 0.717) is 4.90 Å². The van der Waals surface area contributed by atoms with Gasteiger partial charge >= 0.3 is 0 Å². The highest BCUT2D eigenvalue weighted by Crippen LogP contribution is 2.33. The molecule has 6 heteroatoms. The van der Waals surface area contributed by atoms with Crippen molar-refractivity contribution in [2.45, 2.75) is 23.1 Å². The summed E-state index contributed by atoms with van der Waals surface area (Å²) in [5.41, 5.74) is 0.907. The zero-order valence-electron chi connectivity index (χ0n) is 12.7. The number of rotatable bonds is 5. The Morgan fingerprint density at radius 3 is 2.46 bits per heavy atom. The van der Waals surface area contributed by atoms with Gasteiger partial charge in [0.25, 0.3) is 0 Å². The van der Waals surface area contributed by atoms with E-state index in [9.17, 15) is 19.5 Å². The van der Waals surface area contributed by atoms with Crippen molar-refractivity contribution in [2.24, 2.45) is 0 Å². The molecule has 0 saturated carbocycles. The number of thioether (sulfide) groups is 1. The second kappa shape index (κ2) is 6.88. The number of carbonyl (C=O) groups excluding carboxylic acids is 3. The van der Waals surface area contributed by atoms with E-state index in [0.717, 1.165) is 17.3 Å². The molecule has 0 N–H and O–H groups in total. The average Bonchev–Trinajstić information content (AvgIpc) is 2.84. The fourth-order valence-corrected chi connectivity index (χ4v) is 3.76. The summed E-state index contributed by atoms with van der Waals surface area (Å²) < 4.78 is 0. The third-order valence-corrected chi connectivity index (χ3v) is 5.02. The highest BCUT2D eigenvalue weighted by atomic mass is 32.2. The number of carboxylic acid groups (broad SMARTS) is 1. The van der Waals surface area contributed by atoms with E-state index in [1.54, 1.807) is 18.2 Å². The Bertz CT molecular complexity index is 791. The molecule has 1 fully saturated rings. The lowest BCUT2D eigenvalue weighted by Gasteiger charge is -2.16. The molecule has 2 aromatic rings. The lowest BCUT2D eigenvalue weighted by Crippen LogP contribution is -2.30. The van der Waals surface area contributed by atoms with Gasteiger partial charge in [0, 0.05) is 16.9 Å². The summed E-state index contributed by atoms with van der Waals surface area (Å²) in [5.74, 6) is -1.83. The molecule has 2 aromatic carbocycles. The van der Waals surface area contributed by atoms with Crippen LogP contribution < -0.4 is 5.11 Å². The molecule has 0 radical (unpaired) electrons. The van der Waals surface area contributed by atoms with Crippen molar-refractivity contribution in [3.63, 3.8) is 0 Å². The van der Waals surface area contributed by atoms with Gasteiger partial charge in [0.05, 0.1) is 17.8 Å². The van der Waals surface area contributed by atoms with E-state index in [1.165, 1.54) is 11.0 Å². The quantitative estimate of drug-likeness (QED) is 0.770. The van der Waals surface area contributed by atoms with Crippen LogP contribution >= 0.6 is 11.8 Å². The summed E-state index contributed by atoms with van der Waals surface area (Å²) in [6.45, 7) is 0.234. The molecule has 0 unspecified atom stereocenters. The zero-order valence-corrected chi connectivity index (χ0v) is 13.5. The van der Waals surface area contributed by atoms with Crippen LogP contribution in [0.3, 0.4) is 0 Å². The number of imide groups is 1. The van der Waals surface area contributed by atoms with Crippen LogP contribution in [-0.2, 0) is 16.1 Å². The number of aromatic carboxylic acids is 1. The average molecular weight is 340 g/mol. The third kappa shape index (κ3) is 3.33. The highest BCUT2D eigenvalue weighted by Gasteiger charge is 2.39. The summed E-state index contributed by atoms with van der Waals surface area (Å²) >= 11 is 1.10. The monoisotopic (exact) mass is 340 g/mol. The summed E-state index contributed by atoms with van der Waals surface area (Å²) in [4.78, 5) is 37.5. The lowest BCUT2D eigenvalue weighted by atomic mass is 10.2. The molecule has 3 rings (SSSR count). The van der Waals surface area contributed by atoms with Gasteiger partial charge in [-0.05, 0) is 11.6 Å². The SMILES string of the molecule is O=C([O-])c1ccccc1S[C@@H]1CC(=O)N(Cc2ccccc2)C1=O. The summed E-state index contributed by atoms with van der Waals surface area (Å²) in [6, 6.07) is 15.6. The Balaban J connectivity index is 1.76. The first-order chi connectivity index (χ1) is 11.6. The molecule has 122 valence electrons. The van der Waals surface area contributed by atoms with Gasteiger partial charge in [-0.1, -0.05) is 48.5 Å². The fraction of sp³-hybridized carbons (Fsp3) is 0.167. The van der Waals surface area contributed by atoms with E-state index >= 15 is 0 Å². The van der Waals surface area contributed by atoms with Crippen LogP contribution in [0.1, 0.15) is 22.3 Å². The van der Waals surface area contributed by atoms with Crippen LogP contribution in [0.25, 0.3) is 0 Å². The molecule has 1 saturated heterocycles. The van der Waals surface area contributed by atoms with Gasteiger partial charge in [0.1, 0.15) is 0 Å². The van der Waals surface area contributed by atoms with Crippen molar-refractivity contribution < 1.29 is 19.5 Å². The maximum Gasteiger partial charge on any atom is 0.243 e. The van der Waals surface area contributed by atoms with Gasteiger partial charge < -0.3 is 9.90 Å². The number of carbonyl (C=O) groups is 3. The largest absolute Gasteiger partial charge is 0.545 e. The van der Waals surface area contributed by atoms with Crippen molar-refractivity contribution in [3.8, 4) is 0 Å². The normalized spacial score (nSPS) is 17.3. The van der Waals surface area contributed by atoms with Crippen LogP contribution in [0.4, 0.5) is 0 Å². The van der Waals surface area contributed by atoms with E-state index in [2.05, 4.69) is 0 Å². The van der Waals surface area contributed by atoms with Crippen molar-refractivity contribution in [1.29, 1.82) is 0 Å². The predicted octanol–water partition coefficient (Wildman–Crippen LogP) is 1.47. The molecule has 24 heavy (non-hydrogen) atoms. The van der Waals surface area contributed by atoms with Crippen LogP contribution in [0.2, 0.25) is 0 Å². The smallest absolute Gasteiger partial charge is 0.243 e. The second-order valence-electron chi connectivity index (χ2n) is 5.40. The molecular formula is C18H14NO4S-. The standard InChI is InChI=1S/C18H15NO4S/c20-16-10-15(24-14-9-5-4-8-13(14)18(22)23)17(21)19(16)11-12-6-2-1-3-7-12/h1-9,15H,10-11H2,(H,22,23)/p-1/t15-/m1/s1. The summed E-state index contributed by atoms with van der Waals surface area (Å²) in [7, 11) is 0. The predicted molar refractivity (Wildman–Crippen MR) is 87.0 cm³/mol. The topological polar surface area (TPSA) is 77.5 Å². The van der Waals surface area contributed by atoms with Gasteiger partial charge in [0.2, 0.25) is 11.8 Å². The molecular weight excluding hydrogens is 326 g/mol. The summed E-state index contributed by atoms with van der Waals surface area (Å²) in [6.07, 6.45) is 0.0672. The minimum atomic E-state index is -1.30. The number of hydrogen-bond donors (Lipinski definition) is 0. The Morgan fingerprint density at radius 1 is 1.08 bits per heavy atom. The molecule has 1 atom stereocenters. The molecule has 0 bridgehead atoms. The molecule has 2 amide bonds. The number of benzene rings is 2. The Labute approximate surface area is 143 Å². The van der Waals surface area contributed by atoms with Crippen LogP contribution in [0, 0.1) is 0 Å². The van der Waals surface area contributed by atoms with Gasteiger partial charge in [-0.25, -0.2) is 0 Å². The number of hydrogen-bond acceptors (Lipinski definition) is 5. The molecule has 0 aromatic heterocycles. The Hall–Kier alpha value is -2.60. The summed E-state index contributed by atoms with van der Waals surface area (Å²) in [5, 5.41) is 10.6. The maximum absolute atomic E-state index is 12.5. The number of amides is 2. The minimum absolute atomic E-state index is 0.0317. The Kier molecular flexibility index (Phi) is 4.66. The first-order valence-electron chi connectivity index (χ1n) is 7.41. The zero-order chi connectivity index (χ0) is 17.1. The van der Waals surface area contributed by atoms with Crippen molar-refractivity contribution in [2.75, 3.05) is 0 Å². The van der Waals surface area contributed by atoms with E-state index < -0.39 is 11.2 Å².